The van der Waals surface area contributed by atoms with Crippen LogP contribution in [0.25, 0.3) is 0 Å². The van der Waals surface area contributed by atoms with E-state index in [1.165, 1.54) is 18.7 Å². The maximum absolute atomic E-state index is 10.5. The molecule has 1 heterocycles. The van der Waals surface area contributed by atoms with E-state index in [4.69, 9.17) is 0 Å². The van der Waals surface area contributed by atoms with Crippen molar-refractivity contribution in [1.29, 1.82) is 0 Å². The van der Waals surface area contributed by atoms with Crippen LogP contribution in [0, 0.1) is 23.0 Å². The molecule has 1 N–H and O–H groups in total. The van der Waals surface area contributed by atoms with E-state index in [0.29, 0.717) is 5.92 Å². The van der Waals surface area contributed by atoms with Gasteiger partial charge in [0.1, 0.15) is 12.0 Å². The van der Waals surface area contributed by atoms with E-state index in [-0.39, 0.29) is 5.69 Å². The Balaban J connectivity index is 2.52. The number of rotatable bonds is 6. The molecular formula is C12H19N3O2. The summed E-state index contributed by atoms with van der Waals surface area (Å²) in [6.45, 7) is 7.05. The number of aryl methyl sites for hydroxylation is 1. The number of nitrogens with one attached hydrogen (secondary N) is 1. The van der Waals surface area contributed by atoms with Crippen LogP contribution in [0.1, 0.15) is 32.3 Å². The lowest BCUT2D eigenvalue weighted by Crippen LogP contribution is -2.06. The van der Waals surface area contributed by atoms with E-state index in [0.717, 1.165) is 24.3 Å². The maximum atomic E-state index is 10.5. The highest BCUT2D eigenvalue weighted by Gasteiger charge is 2.08. The van der Waals surface area contributed by atoms with Crippen LogP contribution in [-0.2, 0) is 0 Å². The van der Waals surface area contributed by atoms with Crippen LogP contribution >= 0.6 is 0 Å². The Kier molecular flexibility index (Phi) is 4.87. The monoisotopic (exact) mass is 237 g/mol. The summed E-state index contributed by atoms with van der Waals surface area (Å²) in [5.41, 5.74) is 0.846. The molecule has 1 rings (SSSR count). The number of anilines is 1. The molecule has 0 unspecified atom stereocenters. The van der Waals surface area contributed by atoms with E-state index in [2.05, 4.69) is 24.1 Å². The molecule has 0 bridgehead atoms. The molecule has 1 aromatic heterocycles. The Morgan fingerprint density at radius 2 is 2.24 bits per heavy atom. The highest BCUT2D eigenvalue weighted by Crippen LogP contribution is 2.18. The average molecular weight is 237 g/mol. The lowest BCUT2D eigenvalue weighted by Gasteiger charge is -2.09. The summed E-state index contributed by atoms with van der Waals surface area (Å²) in [6, 6.07) is 1.54. The summed E-state index contributed by atoms with van der Waals surface area (Å²) in [4.78, 5) is 14.2. The first-order chi connectivity index (χ1) is 8.00. The quantitative estimate of drug-likeness (QED) is 0.469. The average Bonchev–Trinajstić information content (AvgIpc) is 2.25. The minimum atomic E-state index is -0.428. The van der Waals surface area contributed by atoms with Crippen LogP contribution in [0.5, 0.6) is 0 Å². The van der Waals surface area contributed by atoms with Gasteiger partial charge in [0.05, 0.1) is 4.92 Å². The summed E-state index contributed by atoms with van der Waals surface area (Å²) in [6.07, 6.45) is 3.53. The second kappa shape index (κ2) is 6.18. The van der Waals surface area contributed by atoms with Gasteiger partial charge in [-0.05, 0) is 31.2 Å². The van der Waals surface area contributed by atoms with Gasteiger partial charge in [-0.1, -0.05) is 13.8 Å². The Morgan fingerprint density at radius 3 is 2.76 bits per heavy atom. The van der Waals surface area contributed by atoms with E-state index < -0.39 is 4.92 Å². The first-order valence-electron chi connectivity index (χ1n) is 5.85. The number of aromatic nitrogens is 1. The predicted molar refractivity (Wildman–Crippen MR) is 68.2 cm³/mol. The SMILES string of the molecule is Cc1cc([N+](=O)[O-])cnc1NCCCC(C)C. The maximum Gasteiger partial charge on any atom is 0.287 e. The number of hydrogen-bond donors (Lipinski definition) is 1. The van der Waals surface area contributed by atoms with E-state index in [9.17, 15) is 10.1 Å². The minimum Gasteiger partial charge on any atom is -0.370 e. The summed E-state index contributed by atoms with van der Waals surface area (Å²) in [7, 11) is 0. The third-order valence-electron chi connectivity index (χ3n) is 2.53. The summed E-state index contributed by atoms with van der Waals surface area (Å²) in [5.74, 6) is 1.43. The lowest BCUT2D eigenvalue weighted by atomic mass is 10.1. The van der Waals surface area contributed by atoms with E-state index in [1.807, 2.05) is 6.92 Å². The third-order valence-corrected chi connectivity index (χ3v) is 2.53. The van der Waals surface area contributed by atoms with Crippen LogP contribution < -0.4 is 5.32 Å². The molecule has 94 valence electrons. The largest absolute Gasteiger partial charge is 0.370 e. The van der Waals surface area contributed by atoms with Gasteiger partial charge in [-0.15, -0.1) is 0 Å². The predicted octanol–water partition coefficient (Wildman–Crippen LogP) is 3.15. The molecule has 0 saturated heterocycles. The second-order valence-corrected chi connectivity index (χ2v) is 4.58. The fourth-order valence-electron chi connectivity index (χ4n) is 1.56. The topological polar surface area (TPSA) is 68.1 Å². The van der Waals surface area contributed by atoms with E-state index >= 15 is 0 Å². The van der Waals surface area contributed by atoms with Gasteiger partial charge in [0.25, 0.3) is 5.69 Å². The lowest BCUT2D eigenvalue weighted by molar-refractivity contribution is -0.385. The molecule has 5 heteroatoms. The zero-order chi connectivity index (χ0) is 12.8. The van der Waals surface area contributed by atoms with Crippen molar-refractivity contribution in [3.05, 3.63) is 27.9 Å². The molecule has 17 heavy (non-hydrogen) atoms. The summed E-state index contributed by atoms with van der Waals surface area (Å²) >= 11 is 0. The molecule has 0 fully saturated rings. The molecule has 0 atom stereocenters. The van der Waals surface area contributed by atoms with Crippen molar-refractivity contribution in [2.24, 2.45) is 5.92 Å². The number of hydrogen-bond acceptors (Lipinski definition) is 4. The molecule has 0 aliphatic carbocycles. The van der Waals surface area contributed by atoms with Crippen molar-refractivity contribution in [2.75, 3.05) is 11.9 Å². The van der Waals surface area contributed by atoms with Gasteiger partial charge in [0.15, 0.2) is 0 Å². The smallest absolute Gasteiger partial charge is 0.287 e. The molecule has 0 amide bonds. The molecular weight excluding hydrogens is 218 g/mol. The van der Waals surface area contributed by atoms with Crippen LogP contribution in [-0.4, -0.2) is 16.5 Å². The Labute approximate surface area is 101 Å². The van der Waals surface area contributed by atoms with Gasteiger partial charge in [-0.25, -0.2) is 4.98 Å². The van der Waals surface area contributed by atoms with Crippen molar-refractivity contribution in [2.45, 2.75) is 33.6 Å². The van der Waals surface area contributed by atoms with Crippen molar-refractivity contribution < 1.29 is 4.92 Å². The molecule has 5 nitrogen and oxygen atoms in total. The normalized spacial score (nSPS) is 10.6. The number of pyridine rings is 1. The van der Waals surface area contributed by atoms with Crippen molar-refractivity contribution in [1.82, 2.24) is 4.98 Å². The van der Waals surface area contributed by atoms with Gasteiger partial charge in [0, 0.05) is 12.6 Å². The highest BCUT2D eigenvalue weighted by molar-refractivity contribution is 5.48. The van der Waals surface area contributed by atoms with E-state index in [1.54, 1.807) is 0 Å². The summed E-state index contributed by atoms with van der Waals surface area (Å²) < 4.78 is 0. The zero-order valence-electron chi connectivity index (χ0n) is 10.6. The standard InChI is InChI=1S/C12H19N3O2/c1-9(2)5-4-6-13-12-10(3)7-11(8-14-12)15(16)17/h7-9H,4-6H2,1-3H3,(H,13,14). The zero-order valence-corrected chi connectivity index (χ0v) is 10.6. The van der Waals surface area contributed by atoms with Crippen molar-refractivity contribution >= 4 is 11.5 Å². The molecule has 0 aromatic carbocycles. The van der Waals surface area contributed by atoms with Gasteiger partial charge < -0.3 is 5.32 Å². The van der Waals surface area contributed by atoms with Crippen LogP contribution in [0.4, 0.5) is 11.5 Å². The molecule has 0 saturated carbocycles. The number of nitrogens with zero attached hydrogens (tertiary/aromatic N) is 2. The Bertz CT molecular complexity index is 391. The minimum absolute atomic E-state index is 0.0373. The molecule has 0 radical (unpaired) electrons. The second-order valence-electron chi connectivity index (χ2n) is 4.58. The fourth-order valence-corrected chi connectivity index (χ4v) is 1.56. The van der Waals surface area contributed by atoms with Crippen LogP contribution in [0.15, 0.2) is 12.3 Å². The Morgan fingerprint density at radius 1 is 1.53 bits per heavy atom. The molecule has 0 aliphatic rings. The number of nitro groups is 1. The van der Waals surface area contributed by atoms with Crippen LogP contribution in [0.2, 0.25) is 0 Å². The van der Waals surface area contributed by atoms with Gasteiger partial charge in [-0.3, -0.25) is 10.1 Å². The molecule has 0 spiro atoms. The third kappa shape index (κ3) is 4.38. The fraction of sp³-hybridized carbons (Fsp3) is 0.583. The first-order valence-corrected chi connectivity index (χ1v) is 5.85. The van der Waals surface area contributed by atoms with Gasteiger partial charge in [0.2, 0.25) is 0 Å². The summed E-state index contributed by atoms with van der Waals surface area (Å²) in [5, 5.41) is 13.7. The van der Waals surface area contributed by atoms with Crippen molar-refractivity contribution in [3.63, 3.8) is 0 Å². The highest BCUT2D eigenvalue weighted by atomic mass is 16.6. The molecule has 0 aliphatic heterocycles. The van der Waals surface area contributed by atoms with Crippen LogP contribution in [0.3, 0.4) is 0 Å². The Hall–Kier alpha value is -1.65. The first kappa shape index (κ1) is 13.4. The van der Waals surface area contributed by atoms with Crippen molar-refractivity contribution in [3.8, 4) is 0 Å². The van der Waals surface area contributed by atoms with Gasteiger partial charge >= 0.3 is 0 Å². The van der Waals surface area contributed by atoms with Gasteiger partial charge in [-0.2, -0.15) is 0 Å². The molecule has 1 aromatic rings.